The molecule has 6 nitrogen and oxygen atoms in total. The van der Waals surface area contributed by atoms with Crippen LogP contribution in [0.15, 0.2) is 0 Å². The highest BCUT2D eigenvalue weighted by atomic mass is 16.2. The Morgan fingerprint density at radius 1 is 0.703 bits per heavy atom. The maximum atomic E-state index is 12.8. The third kappa shape index (κ3) is 12.5. The number of hydrogen-bond donors (Lipinski definition) is 0. The van der Waals surface area contributed by atoms with E-state index in [-0.39, 0.29) is 11.0 Å². The minimum atomic E-state index is 0.0771. The van der Waals surface area contributed by atoms with E-state index in [0.717, 1.165) is 64.1 Å². The Balaban J connectivity index is 1.53. The lowest BCUT2D eigenvalue weighted by molar-refractivity contribution is -0.134. The van der Waals surface area contributed by atoms with Gasteiger partial charge in [-0.3, -0.25) is 9.59 Å². The number of amides is 2. The van der Waals surface area contributed by atoms with Crippen LogP contribution in [0, 0.1) is 17.3 Å². The molecule has 2 aliphatic heterocycles. The van der Waals surface area contributed by atoms with Gasteiger partial charge in [-0.1, -0.05) is 40.0 Å². The zero-order valence-electron chi connectivity index (χ0n) is 25.8. The van der Waals surface area contributed by atoms with Crippen molar-refractivity contribution in [2.75, 3.05) is 59.9 Å². The number of likely N-dealkylation sites (tertiary alicyclic amines) is 2. The fraction of sp³-hybridized carbons (Fsp3) is 0.935. The summed E-state index contributed by atoms with van der Waals surface area (Å²) in [6.07, 6.45) is 11.0. The minimum Gasteiger partial charge on any atom is -0.343 e. The summed E-state index contributed by atoms with van der Waals surface area (Å²) in [5.74, 6) is 2.24. The van der Waals surface area contributed by atoms with Gasteiger partial charge in [0, 0.05) is 51.1 Å². The van der Waals surface area contributed by atoms with Crippen molar-refractivity contribution in [1.29, 1.82) is 0 Å². The van der Waals surface area contributed by atoms with Crippen molar-refractivity contribution in [2.24, 2.45) is 17.3 Å². The van der Waals surface area contributed by atoms with Crippen LogP contribution in [0.25, 0.3) is 0 Å². The second-order valence-corrected chi connectivity index (χ2v) is 14.3. The molecule has 37 heavy (non-hydrogen) atoms. The molecule has 0 aromatic carbocycles. The molecule has 0 spiro atoms. The van der Waals surface area contributed by atoms with Crippen LogP contribution in [0.4, 0.5) is 0 Å². The molecule has 2 rings (SSSR count). The van der Waals surface area contributed by atoms with Crippen molar-refractivity contribution < 1.29 is 9.59 Å². The van der Waals surface area contributed by atoms with Gasteiger partial charge in [0.1, 0.15) is 0 Å². The monoisotopic (exact) mass is 520 g/mol. The van der Waals surface area contributed by atoms with E-state index in [1.165, 1.54) is 44.9 Å². The van der Waals surface area contributed by atoms with Gasteiger partial charge in [0.15, 0.2) is 0 Å². The minimum absolute atomic E-state index is 0.0771. The van der Waals surface area contributed by atoms with E-state index in [1.54, 1.807) is 0 Å². The smallest absolute Gasteiger partial charge is 0.223 e. The van der Waals surface area contributed by atoms with Crippen LogP contribution in [0.3, 0.4) is 0 Å². The van der Waals surface area contributed by atoms with Gasteiger partial charge in [0.2, 0.25) is 11.8 Å². The Labute approximate surface area is 229 Å². The summed E-state index contributed by atoms with van der Waals surface area (Å²) < 4.78 is 0. The topological polar surface area (TPSA) is 47.1 Å². The fourth-order valence-corrected chi connectivity index (χ4v) is 5.67. The summed E-state index contributed by atoms with van der Waals surface area (Å²) in [4.78, 5) is 34.2. The largest absolute Gasteiger partial charge is 0.343 e. The Morgan fingerprint density at radius 3 is 1.65 bits per heavy atom. The molecule has 216 valence electrons. The molecule has 0 bridgehead atoms. The highest BCUT2D eigenvalue weighted by Crippen LogP contribution is 2.28. The summed E-state index contributed by atoms with van der Waals surface area (Å²) >= 11 is 0. The van der Waals surface area contributed by atoms with Crippen LogP contribution >= 0.6 is 0 Å². The van der Waals surface area contributed by atoms with E-state index in [4.69, 9.17) is 0 Å². The number of rotatable bonds is 12. The van der Waals surface area contributed by atoms with Crippen molar-refractivity contribution in [1.82, 2.24) is 19.6 Å². The van der Waals surface area contributed by atoms with Crippen LogP contribution in [0.5, 0.6) is 0 Å². The van der Waals surface area contributed by atoms with E-state index in [9.17, 15) is 9.59 Å². The number of carbonyl (C=O) groups is 2. The summed E-state index contributed by atoms with van der Waals surface area (Å²) in [7, 11) is 4.33. The molecule has 0 radical (unpaired) electrons. The zero-order chi connectivity index (χ0) is 27.6. The number of carbonyl (C=O) groups excluding carboxylic acids is 2. The molecule has 0 atom stereocenters. The van der Waals surface area contributed by atoms with Crippen molar-refractivity contribution in [2.45, 2.75) is 111 Å². The first-order chi connectivity index (χ1) is 17.2. The maximum Gasteiger partial charge on any atom is 0.223 e. The molecule has 2 amide bonds. The van der Waals surface area contributed by atoms with E-state index < -0.39 is 0 Å². The van der Waals surface area contributed by atoms with Crippen LogP contribution in [0.1, 0.15) is 106 Å². The van der Waals surface area contributed by atoms with Crippen molar-refractivity contribution in [3.63, 3.8) is 0 Å². The molecule has 2 aliphatic rings. The van der Waals surface area contributed by atoms with Gasteiger partial charge >= 0.3 is 0 Å². The summed E-state index contributed by atoms with van der Waals surface area (Å²) in [5, 5.41) is 0. The van der Waals surface area contributed by atoms with Gasteiger partial charge in [-0.25, -0.2) is 0 Å². The second kappa shape index (κ2) is 14.9. The van der Waals surface area contributed by atoms with Crippen molar-refractivity contribution in [3.8, 4) is 0 Å². The number of hydrogen-bond acceptors (Lipinski definition) is 4. The molecular formula is C31H60N4O2. The first kappa shape index (κ1) is 32.1. The fourth-order valence-electron chi connectivity index (χ4n) is 5.67. The molecule has 0 aromatic rings. The lowest BCUT2D eigenvalue weighted by Crippen LogP contribution is -2.41. The van der Waals surface area contributed by atoms with Crippen LogP contribution in [-0.2, 0) is 9.59 Å². The first-order valence-electron chi connectivity index (χ1n) is 15.2. The quantitative estimate of drug-likeness (QED) is 0.340. The third-order valence-electron chi connectivity index (χ3n) is 8.73. The van der Waals surface area contributed by atoms with Gasteiger partial charge in [-0.2, -0.15) is 0 Å². The molecule has 0 unspecified atom stereocenters. The van der Waals surface area contributed by atoms with Gasteiger partial charge in [0.25, 0.3) is 0 Å². The van der Waals surface area contributed by atoms with Crippen molar-refractivity contribution in [3.05, 3.63) is 0 Å². The normalized spacial score (nSPS) is 18.8. The Hall–Kier alpha value is -1.14. The van der Waals surface area contributed by atoms with Crippen LogP contribution in [-0.4, -0.2) is 96.9 Å². The molecular weight excluding hydrogens is 460 g/mol. The lowest BCUT2D eigenvalue weighted by Gasteiger charge is -2.35. The van der Waals surface area contributed by atoms with E-state index in [1.807, 2.05) is 0 Å². The average Bonchev–Trinajstić information content (AvgIpc) is 2.81. The highest BCUT2D eigenvalue weighted by Gasteiger charge is 2.27. The molecule has 2 fully saturated rings. The standard InChI is InChI=1S/C31H60N4O2/c1-30(2,3)25-29(37)35-23-15-27(16-24-35)12-9-11-26-13-21-34(22-14-26)28(36)17-20-32(7)18-10-19-33(8)31(4,5)6/h26-27H,9-25H2,1-8H3. The predicted molar refractivity (Wildman–Crippen MR) is 156 cm³/mol. The SMILES string of the molecule is CN(CCCN(C)C(C)(C)C)CCC(=O)N1CCC(CCCC2CCN(C(=O)CC(C)(C)C)CC2)CC1. The Morgan fingerprint density at radius 2 is 1.19 bits per heavy atom. The van der Waals surface area contributed by atoms with Gasteiger partial charge in [-0.15, -0.1) is 0 Å². The average molecular weight is 521 g/mol. The summed E-state index contributed by atoms with van der Waals surface area (Å²) in [6, 6.07) is 0. The molecule has 0 aromatic heterocycles. The molecule has 0 N–H and O–H groups in total. The number of piperidine rings is 2. The van der Waals surface area contributed by atoms with Gasteiger partial charge < -0.3 is 19.6 Å². The van der Waals surface area contributed by atoms with E-state index >= 15 is 0 Å². The van der Waals surface area contributed by atoms with E-state index in [0.29, 0.717) is 24.7 Å². The second-order valence-electron chi connectivity index (χ2n) is 14.3. The van der Waals surface area contributed by atoms with Crippen LogP contribution in [0.2, 0.25) is 0 Å². The predicted octanol–water partition coefficient (Wildman–Crippen LogP) is 5.51. The van der Waals surface area contributed by atoms with E-state index in [2.05, 4.69) is 75.2 Å². The highest BCUT2D eigenvalue weighted by molar-refractivity contribution is 5.77. The van der Waals surface area contributed by atoms with Gasteiger partial charge in [0.05, 0.1) is 0 Å². The first-order valence-corrected chi connectivity index (χ1v) is 15.2. The van der Waals surface area contributed by atoms with Crippen LogP contribution < -0.4 is 0 Å². The zero-order valence-corrected chi connectivity index (χ0v) is 25.8. The lowest BCUT2D eigenvalue weighted by atomic mass is 9.86. The van der Waals surface area contributed by atoms with Crippen molar-refractivity contribution >= 4 is 11.8 Å². The molecule has 6 heteroatoms. The molecule has 2 heterocycles. The number of nitrogens with zero attached hydrogens (tertiary/aromatic N) is 4. The van der Waals surface area contributed by atoms with Gasteiger partial charge in [-0.05, 0) is 97.3 Å². The summed E-state index contributed by atoms with van der Waals surface area (Å²) in [5.41, 5.74) is 0.291. The summed E-state index contributed by atoms with van der Waals surface area (Å²) in [6.45, 7) is 20.0. The molecule has 2 saturated heterocycles. The molecule has 0 saturated carbocycles. The Kier molecular flexibility index (Phi) is 12.9. The molecule has 0 aliphatic carbocycles. The Bertz CT molecular complexity index is 680. The third-order valence-corrected chi connectivity index (χ3v) is 8.73. The maximum absolute atomic E-state index is 12.8.